The highest BCUT2D eigenvalue weighted by Gasteiger charge is 2.47. The number of hydrogen-bond donors (Lipinski definition) is 5. The van der Waals surface area contributed by atoms with Gasteiger partial charge in [0.15, 0.2) is 0 Å². The van der Waals surface area contributed by atoms with Gasteiger partial charge in [-0.25, -0.2) is 9.97 Å². The van der Waals surface area contributed by atoms with Crippen LogP contribution < -0.4 is 10.6 Å². The van der Waals surface area contributed by atoms with E-state index in [0.29, 0.717) is 28.8 Å². The molecular weight excluding hydrogens is 490 g/mol. The van der Waals surface area contributed by atoms with Gasteiger partial charge in [-0.1, -0.05) is 0 Å². The number of nitrogens with zero attached hydrogens (tertiary/aromatic N) is 5. The Morgan fingerprint density at radius 3 is 2.38 bits per heavy atom. The molecule has 194 valence electrons. The highest BCUT2D eigenvalue weighted by atomic mass is 32.1. The van der Waals surface area contributed by atoms with Gasteiger partial charge in [0.25, 0.3) is 0 Å². The van der Waals surface area contributed by atoms with Crippen molar-refractivity contribution in [3.63, 3.8) is 0 Å². The molecule has 1 aliphatic carbocycles. The van der Waals surface area contributed by atoms with E-state index in [1.807, 2.05) is 39.0 Å². The molecule has 1 fully saturated rings. The topological polar surface area (TPSA) is 149 Å². The van der Waals surface area contributed by atoms with Gasteiger partial charge in [-0.2, -0.15) is 4.98 Å². The number of thiazole rings is 1. The predicted octanol–water partition coefficient (Wildman–Crippen LogP) is 3.51. The number of aryl methyl sites for hydroxylation is 3. The molecule has 11 heteroatoms. The molecular formula is C26H31N7O3S. The number of fused-ring (bicyclic) bond motifs is 1. The number of aromatic nitrogens is 5. The summed E-state index contributed by atoms with van der Waals surface area (Å²) >= 11 is 1.50. The van der Waals surface area contributed by atoms with E-state index in [0.717, 1.165) is 33.0 Å². The first-order valence-corrected chi connectivity index (χ1v) is 13.0. The average molecular weight is 522 g/mol. The Morgan fingerprint density at radius 2 is 1.73 bits per heavy atom. The molecule has 0 amide bonds. The Bertz CT molecular complexity index is 1430. The minimum atomic E-state index is -1.15. The van der Waals surface area contributed by atoms with Gasteiger partial charge in [0.1, 0.15) is 22.4 Å². The van der Waals surface area contributed by atoms with E-state index in [9.17, 15) is 15.3 Å². The van der Waals surface area contributed by atoms with Gasteiger partial charge in [0, 0.05) is 35.4 Å². The number of aliphatic hydroxyl groups is 3. The third kappa shape index (κ3) is 5.12. The quantitative estimate of drug-likeness (QED) is 0.255. The van der Waals surface area contributed by atoms with Crippen LogP contribution in [0.15, 0.2) is 30.6 Å². The summed E-state index contributed by atoms with van der Waals surface area (Å²) < 4.78 is 0.997. The van der Waals surface area contributed by atoms with Crippen LogP contribution in [0.1, 0.15) is 37.4 Å². The minimum Gasteiger partial charge on any atom is -0.390 e. The summed E-state index contributed by atoms with van der Waals surface area (Å²) in [6.07, 6.45) is 1.67. The van der Waals surface area contributed by atoms with Crippen molar-refractivity contribution < 1.29 is 15.3 Å². The normalized spacial score (nSPS) is 21.9. The molecule has 10 nitrogen and oxygen atoms in total. The summed E-state index contributed by atoms with van der Waals surface area (Å²) in [4.78, 5) is 22.8. The standard InChI is InChI=1S/C26H31N7O3S/c1-12-8-15(9-13(2)29-12)30-25-28-11-16(24-32-20-14(3)27-7-6-19(20)37-24)23(33-25)31-18-10-17(26(4,5)36)21(34)22(18)35/h6-9,11,17-18,21-22,34-36H,10H2,1-5H3,(H2,28,29,30,31,33). The lowest BCUT2D eigenvalue weighted by Crippen LogP contribution is -2.40. The number of anilines is 3. The van der Waals surface area contributed by atoms with E-state index in [2.05, 4.69) is 25.6 Å². The number of pyridine rings is 2. The van der Waals surface area contributed by atoms with Crippen molar-refractivity contribution in [3.05, 3.63) is 47.7 Å². The fourth-order valence-corrected chi connectivity index (χ4v) is 5.92. The Labute approximate surface area is 218 Å². The summed E-state index contributed by atoms with van der Waals surface area (Å²) in [5, 5.41) is 39.3. The highest BCUT2D eigenvalue weighted by molar-refractivity contribution is 7.21. The predicted molar refractivity (Wildman–Crippen MR) is 144 cm³/mol. The molecule has 0 saturated heterocycles. The number of hydrogen-bond acceptors (Lipinski definition) is 11. The van der Waals surface area contributed by atoms with E-state index >= 15 is 0 Å². The molecule has 0 spiro atoms. The van der Waals surface area contributed by atoms with Crippen LogP contribution in [0.4, 0.5) is 17.5 Å². The van der Waals surface area contributed by atoms with Crippen molar-refractivity contribution in [1.82, 2.24) is 24.9 Å². The Morgan fingerprint density at radius 1 is 1.00 bits per heavy atom. The van der Waals surface area contributed by atoms with Crippen LogP contribution in [0.5, 0.6) is 0 Å². The van der Waals surface area contributed by atoms with Gasteiger partial charge < -0.3 is 26.0 Å². The summed E-state index contributed by atoms with van der Waals surface area (Å²) in [5.74, 6) is 0.335. The summed E-state index contributed by atoms with van der Waals surface area (Å²) in [6, 6.07) is 5.21. The molecule has 4 heterocycles. The number of aliphatic hydroxyl groups excluding tert-OH is 2. The maximum atomic E-state index is 10.8. The van der Waals surface area contributed by atoms with Gasteiger partial charge >= 0.3 is 0 Å². The lowest BCUT2D eigenvalue weighted by atomic mass is 9.88. The highest BCUT2D eigenvalue weighted by Crippen LogP contribution is 2.39. The zero-order chi connectivity index (χ0) is 26.5. The third-order valence-electron chi connectivity index (χ3n) is 6.76. The largest absolute Gasteiger partial charge is 0.390 e. The monoisotopic (exact) mass is 521 g/mol. The van der Waals surface area contributed by atoms with E-state index < -0.39 is 29.8 Å². The van der Waals surface area contributed by atoms with Crippen LogP contribution in [-0.4, -0.2) is 64.1 Å². The second-order valence-electron chi connectivity index (χ2n) is 10.2. The Balaban J connectivity index is 1.54. The maximum absolute atomic E-state index is 10.8. The van der Waals surface area contributed by atoms with Gasteiger partial charge in [0.2, 0.25) is 5.95 Å². The zero-order valence-electron chi connectivity index (χ0n) is 21.4. The molecule has 4 aromatic rings. The lowest BCUT2D eigenvalue weighted by Gasteiger charge is -2.28. The van der Waals surface area contributed by atoms with Crippen LogP contribution in [0.2, 0.25) is 0 Å². The van der Waals surface area contributed by atoms with Crippen LogP contribution in [-0.2, 0) is 0 Å². The number of rotatable bonds is 6. The maximum Gasteiger partial charge on any atom is 0.229 e. The van der Waals surface area contributed by atoms with Gasteiger partial charge in [0.05, 0.1) is 33.7 Å². The number of nitrogens with one attached hydrogen (secondary N) is 2. The molecule has 5 rings (SSSR count). The molecule has 1 saturated carbocycles. The molecule has 0 bridgehead atoms. The second-order valence-corrected chi connectivity index (χ2v) is 11.2. The SMILES string of the molecule is Cc1cc(Nc2ncc(-c3nc4c(C)nccc4s3)c(NC3CC(C(C)(C)O)C(O)C3O)n2)cc(C)n1. The molecule has 37 heavy (non-hydrogen) atoms. The van der Waals surface area contributed by atoms with Crippen molar-refractivity contribution in [2.75, 3.05) is 10.6 Å². The van der Waals surface area contributed by atoms with Crippen molar-refractivity contribution in [2.45, 2.75) is 64.9 Å². The first-order valence-electron chi connectivity index (χ1n) is 12.2. The van der Waals surface area contributed by atoms with Crippen molar-refractivity contribution >= 4 is 39.0 Å². The van der Waals surface area contributed by atoms with Crippen LogP contribution in [0.25, 0.3) is 20.8 Å². The second kappa shape index (κ2) is 9.56. The summed E-state index contributed by atoms with van der Waals surface area (Å²) in [6.45, 7) is 9.05. The molecule has 4 unspecified atom stereocenters. The molecule has 1 aliphatic rings. The fraction of sp³-hybridized carbons (Fsp3) is 0.423. The van der Waals surface area contributed by atoms with Crippen LogP contribution >= 0.6 is 11.3 Å². The van der Waals surface area contributed by atoms with Crippen molar-refractivity contribution in [2.24, 2.45) is 5.92 Å². The lowest BCUT2D eigenvalue weighted by molar-refractivity contribution is -0.0601. The van der Waals surface area contributed by atoms with E-state index in [1.165, 1.54) is 11.3 Å². The van der Waals surface area contributed by atoms with Gasteiger partial charge in [-0.3, -0.25) is 9.97 Å². The Hall–Kier alpha value is -3.25. The zero-order valence-corrected chi connectivity index (χ0v) is 22.2. The van der Waals surface area contributed by atoms with E-state index in [4.69, 9.17) is 9.97 Å². The molecule has 4 aromatic heterocycles. The average Bonchev–Trinajstić information content (AvgIpc) is 3.36. The van der Waals surface area contributed by atoms with Crippen LogP contribution in [0.3, 0.4) is 0 Å². The first-order chi connectivity index (χ1) is 17.5. The molecule has 0 radical (unpaired) electrons. The van der Waals surface area contributed by atoms with Crippen molar-refractivity contribution in [3.8, 4) is 10.6 Å². The van der Waals surface area contributed by atoms with Crippen LogP contribution in [0, 0.1) is 26.7 Å². The summed E-state index contributed by atoms with van der Waals surface area (Å²) in [7, 11) is 0. The first kappa shape index (κ1) is 25.4. The molecule has 4 atom stereocenters. The Kier molecular flexibility index (Phi) is 6.57. The third-order valence-corrected chi connectivity index (χ3v) is 7.81. The minimum absolute atomic E-state index is 0.363. The molecule has 0 aromatic carbocycles. The van der Waals surface area contributed by atoms with Crippen molar-refractivity contribution in [1.29, 1.82) is 0 Å². The molecule has 5 N–H and O–H groups in total. The fourth-order valence-electron chi connectivity index (χ4n) is 4.90. The summed E-state index contributed by atoms with van der Waals surface area (Å²) in [5.41, 5.74) is 3.72. The van der Waals surface area contributed by atoms with Gasteiger partial charge in [-0.15, -0.1) is 11.3 Å². The van der Waals surface area contributed by atoms with Gasteiger partial charge in [-0.05, 0) is 59.2 Å². The van der Waals surface area contributed by atoms with E-state index in [1.54, 1.807) is 26.2 Å². The van der Waals surface area contributed by atoms with E-state index in [-0.39, 0.29) is 0 Å². The smallest absolute Gasteiger partial charge is 0.229 e. The molecule has 0 aliphatic heterocycles.